The number of rotatable bonds is 16. The fourth-order valence-corrected chi connectivity index (χ4v) is 13.1. The number of fused-ring (bicyclic) bond motifs is 3. The number of hydrogen-bond acceptors (Lipinski definition) is 21. The molecule has 0 radical (unpaired) electrons. The molecule has 0 unspecified atom stereocenters. The van der Waals surface area contributed by atoms with Gasteiger partial charge in [0.1, 0.15) is 48.3 Å². The van der Waals surface area contributed by atoms with E-state index in [0.717, 1.165) is 21.6 Å². The molecule has 2 aromatic carbocycles. The minimum Gasteiger partial charge on any atom is -0.460 e. The molecule has 3 fully saturated rings. The van der Waals surface area contributed by atoms with E-state index in [1.807, 2.05) is 57.2 Å². The molecule has 1 saturated carbocycles. The molecule has 1 aliphatic carbocycles. The summed E-state index contributed by atoms with van der Waals surface area (Å²) in [5, 5.41) is 48.5. The van der Waals surface area contributed by atoms with Crippen LogP contribution in [0.3, 0.4) is 0 Å². The molecule has 101 heavy (non-hydrogen) atoms. The first-order chi connectivity index (χ1) is 48.1. The van der Waals surface area contributed by atoms with Gasteiger partial charge >= 0.3 is 18.0 Å². The second-order valence-corrected chi connectivity index (χ2v) is 27.9. The van der Waals surface area contributed by atoms with Crippen LogP contribution in [0.4, 0.5) is 16.2 Å². The van der Waals surface area contributed by atoms with Crippen LogP contribution in [-0.4, -0.2) is 173 Å². The number of para-hydroxylation sites is 2. The highest BCUT2D eigenvalue weighted by atomic mass is 16.6. The van der Waals surface area contributed by atoms with E-state index in [-0.39, 0.29) is 55.3 Å². The van der Waals surface area contributed by atoms with Crippen molar-refractivity contribution in [3.8, 4) is 0 Å². The van der Waals surface area contributed by atoms with Gasteiger partial charge in [-0.25, -0.2) is 9.59 Å². The number of carbonyl (C=O) groups excluding carboxylic acids is 8. The smallest absolute Gasteiger partial charge is 0.407 e. The van der Waals surface area contributed by atoms with Gasteiger partial charge in [0.2, 0.25) is 5.79 Å². The second kappa shape index (κ2) is 39.6. The first-order valence-electron chi connectivity index (χ1n) is 35.1. The number of cyclic esters (lactones) is 1. The number of piperidine rings is 1. The number of benzene rings is 2. The molecule has 2 bridgehead atoms. The lowest BCUT2D eigenvalue weighted by Gasteiger charge is -2.42. The summed E-state index contributed by atoms with van der Waals surface area (Å²) in [6.45, 7) is 13.2. The number of allylic oxidation sites excluding steroid dienone is 6. The van der Waals surface area contributed by atoms with Crippen LogP contribution in [0, 0.1) is 40.9 Å². The van der Waals surface area contributed by atoms with Gasteiger partial charge in [-0.15, -0.1) is 0 Å². The highest BCUT2D eigenvalue weighted by molar-refractivity contribution is 6.39. The minimum atomic E-state index is -2.47. The number of nitrogens with two attached hydrogens (primary N) is 1. The van der Waals surface area contributed by atoms with Crippen molar-refractivity contribution >= 4 is 58.6 Å². The molecule has 15 atom stereocenters. The van der Waals surface area contributed by atoms with Crippen molar-refractivity contribution in [1.82, 2.24) is 15.2 Å². The number of nitrogens with one attached hydrogen (secondary N) is 2. The van der Waals surface area contributed by atoms with Gasteiger partial charge < -0.3 is 74.9 Å². The van der Waals surface area contributed by atoms with Gasteiger partial charge in [0, 0.05) is 88.5 Å². The maximum atomic E-state index is 14.5. The Bertz CT molecular complexity index is 3370. The Morgan fingerprint density at radius 3 is 2.21 bits per heavy atom. The van der Waals surface area contributed by atoms with Gasteiger partial charge in [-0.3, -0.25) is 33.8 Å². The molecule has 8 N–H and O–H groups in total. The Labute approximate surface area is 593 Å². The number of anilines is 2. The quantitative estimate of drug-likeness (QED) is 0.0231. The first-order valence-corrected chi connectivity index (χ1v) is 35.1. The van der Waals surface area contributed by atoms with Crippen molar-refractivity contribution in [3.05, 3.63) is 137 Å². The van der Waals surface area contributed by atoms with Gasteiger partial charge in [0.15, 0.2) is 5.78 Å². The van der Waals surface area contributed by atoms with E-state index in [1.54, 1.807) is 108 Å². The van der Waals surface area contributed by atoms with Gasteiger partial charge in [0.05, 0.1) is 42.9 Å². The van der Waals surface area contributed by atoms with Crippen LogP contribution >= 0.6 is 0 Å². The number of ketones is 3. The Hall–Kier alpha value is -7.81. The van der Waals surface area contributed by atoms with E-state index in [0.29, 0.717) is 93.3 Å². The van der Waals surface area contributed by atoms with Crippen LogP contribution in [0.2, 0.25) is 0 Å². The van der Waals surface area contributed by atoms with Crippen LogP contribution in [0.5, 0.6) is 0 Å². The largest absolute Gasteiger partial charge is 0.460 e. The van der Waals surface area contributed by atoms with Gasteiger partial charge in [-0.05, 0) is 150 Å². The highest BCUT2D eigenvalue weighted by Crippen LogP contribution is 2.39. The van der Waals surface area contributed by atoms with Crippen LogP contribution in [-0.2, 0) is 75.1 Å². The Morgan fingerprint density at radius 2 is 1.54 bits per heavy atom. The van der Waals surface area contributed by atoms with E-state index in [9.17, 15) is 58.8 Å². The predicted octanol–water partition coefficient (Wildman–Crippen LogP) is 9.06. The van der Waals surface area contributed by atoms with Crippen molar-refractivity contribution in [2.75, 3.05) is 52.1 Å². The molecule has 4 heterocycles. The summed E-state index contributed by atoms with van der Waals surface area (Å²) in [4.78, 5) is 113. The molecular weight excluding hydrogens is 1300 g/mol. The number of aliphatic hydroxyl groups excluding tert-OH is 3. The van der Waals surface area contributed by atoms with Gasteiger partial charge in [0.25, 0.3) is 17.6 Å². The van der Waals surface area contributed by atoms with Crippen molar-refractivity contribution < 1.29 is 91.9 Å². The molecule has 24 heteroatoms. The predicted molar refractivity (Wildman–Crippen MR) is 378 cm³/mol. The van der Waals surface area contributed by atoms with Crippen LogP contribution in [0.15, 0.2) is 121 Å². The summed E-state index contributed by atoms with van der Waals surface area (Å²) >= 11 is 0. The lowest BCUT2D eigenvalue weighted by atomic mass is 9.78. The molecule has 2 saturated heterocycles. The lowest BCUT2D eigenvalue weighted by molar-refractivity contribution is -0.265. The fourth-order valence-electron chi connectivity index (χ4n) is 13.1. The summed E-state index contributed by atoms with van der Waals surface area (Å²) in [6.07, 6.45) is 12.5. The van der Waals surface area contributed by atoms with E-state index in [2.05, 4.69) is 15.6 Å². The van der Waals surface area contributed by atoms with Crippen LogP contribution < -0.4 is 16.4 Å². The number of pyridine rings is 1. The number of Topliss-reactive ketones (excluding diaryl/α,β-unsaturated/α-hetero) is 3. The first kappa shape index (κ1) is 82.1. The number of amides is 3. The fraction of sp³-hybridized carbons (Fsp3) is 0.571. The van der Waals surface area contributed by atoms with Gasteiger partial charge in [-0.2, -0.15) is 0 Å². The second-order valence-electron chi connectivity index (χ2n) is 27.9. The van der Waals surface area contributed by atoms with Crippen LogP contribution in [0.25, 0.3) is 0 Å². The number of aliphatic hydroxyl groups is 4. The lowest BCUT2D eigenvalue weighted by Crippen LogP contribution is -2.61. The number of carbonyl (C=O) groups is 8. The molecule has 554 valence electrons. The van der Waals surface area contributed by atoms with E-state index in [1.165, 1.54) is 21.1 Å². The Morgan fingerprint density at radius 1 is 0.822 bits per heavy atom. The number of aromatic nitrogens is 1. The number of hydrogen-bond donors (Lipinski definition) is 7. The van der Waals surface area contributed by atoms with Gasteiger partial charge in [-0.1, -0.05) is 101 Å². The maximum Gasteiger partial charge on any atom is 0.407 e. The standard InChI is InChI=1S/C56H87NO16.C21H20N4O3/c1-33-17-13-12-14-18-34(2)45(68-9)29-41-22-20-39(7)56(67,73-41)51(63)52(64)57-24-16-15-19-42(57)53(65)71-46(30-43(60)35(3)26-38(6)49(62)50(70-11)48(61)37(5)25-33)36(4)27-40-21-23-44(47(28-40)69-10)72-54(66)55(8,31-58)32-59;22-18-5-1-2-6-19(18)25-20(26)17-9-7-15(8-10-17)13-24-21(27)28-14-16-4-3-11-23-12-16/h12-14,17-18,26,33,35-37,39-42,44-47,49-50,58-59,62,67H,15-16,19-25,27-32H2,1-11H3;1-12H,13-14,22H2,(H,24,27)(H,25,26)/b14-12+,17-13+,34-18+,38-26+;/t33-,35-,36-,37-,39-,40+,41+,42+,44-,45+,46+,47-,49-,50+,56-;/m1./s1. The molecule has 24 nitrogen and oxygen atoms in total. The zero-order valence-electron chi connectivity index (χ0n) is 60.4. The molecule has 4 aliphatic rings. The third-order valence-corrected chi connectivity index (χ3v) is 19.9. The van der Waals surface area contributed by atoms with Crippen molar-refractivity contribution in [1.29, 1.82) is 0 Å². The van der Waals surface area contributed by atoms with Crippen molar-refractivity contribution in [2.24, 2.45) is 40.9 Å². The van der Waals surface area contributed by atoms with E-state index >= 15 is 0 Å². The Balaban J connectivity index is 0.000000473. The molecule has 0 spiro atoms. The summed E-state index contributed by atoms with van der Waals surface area (Å²) in [5.41, 5.74) is 8.76. The molecule has 3 amide bonds. The summed E-state index contributed by atoms with van der Waals surface area (Å²) in [7, 11) is 4.43. The third-order valence-electron chi connectivity index (χ3n) is 19.9. The van der Waals surface area contributed by atoms with Crippen molar-refractivity contribution in [2.45, 2.75) is 200 Å². The molecule has 7 rings (SSSR count). The zero-order valence-corrected chi connectivity index (χ0v) is 60.4. The summed E-state index contributed by atoms with van der Waals surface area (Å²) in [6, 6.07) is 16.4. The monoisotopic (exact) mass is 1410 g/mol. The third kappa shape index (κ3) is 23.4. The normalized spacial score (nSPS) is 29.9. The van der Waals surface area contributed by atoms with Crippen molar-refractivity contribution in [3.63, 3.8) is 0 Å². The number of ether oxygens (including phenoxy) is 7. The molecule has 1 aromatic heterocycles. The highest BCUT2D eigenvalue weighted by Gasteiger charge is 2.53. The average Bonchev–Trinajstić information content (AvgIpc) is 0.772. The summed E-state index contributed by atoms with van der Waals surface area (Å²) in [5.74, 6) is -9.62. The average molecular weight is 1410 g/mol. The number of methoxy groups -OCH3 is 3. The summed E-state index contributed by atoms with van der Waals surface area (Å²) < 4.78 is 40.6. The van der Waals surface area contributed by atoms with Crippen LogP contribution in [0.1, 0.15) is 154 Å². The number of nitrogens with zero attached hydrogens (tertiary/aromatic N) is 2. The SMILES string of the molecule is CO[C@H]1C[C@@H]2CC[C@@H](C)[C@@](O)(O2)C(=O)C(=O)N2CCCC[C@H]2C(=O)O[C@H]([C@H](C)C[C@@H]2CC[C@@H](OC(=O)C(C)(CO)CO)[C@H](OC)C2)CC(=O)[C@H](C)/C=C(\C)[C@@H](O)[C@@H](OC)C(=O)[C@H](C)C[C@H](C)/C=C/C=C/C=C/1C.Nc1ccccc1NC(=O)c1ccc(CNC(=O)OCc2cccnc2)cc1. The number of alkyl carbamates (subject to hydrolysis) is 1. The molecule has 3 aromatic rings. The number of nitrogen functional groups attached to an aromatic ring is 1. The maximum absolute atomic E-state index is 14.5. The molecular formula is C77H107N5O19. The topological polar surface area (TPSA) is 348 Å². The van der Waals surface area contributed by atoms with E-state index < -0.39 is 127 Å². The van der Waals surface area contributed by atoms with E-state index in [4.69, 9.17) is 38.9 Å². The zero-order chi connectivity index (χ0) is 74.1. The molecule has 3 aliphatic heterocycles. The Kier molecular flexibility index (Phi) is 32.2. The number of esters is 2. The minimum absolute atomic E-state index is 0.00697.